The summed E-state index contributed by atoms with van der Waals surface area (Å²) in [6.45, 7) is 5.66. The largest absolute Gasteiger partial charge is 0.350 e. The molecule has 1 heterocycles. The molecule has 35 heavy (non-hydrogen) atoms. The molecule has 0 aliphatic carbocycles. The zero-order valence-corrected chi connectivity index (χ0v) is 20.8. The Hall–Kier alpha value is -3.91. The van der Waals surface area contributed by atoms with Crippen molar-refractivity contribution < 1.29 is 13.2 Å². The summed E-state index contributed by atoms with van der Waals surface area (Å²) in [5.41, 5.74) is 5.12. The molecule has 8 heteroatoms. The second kappa shape index (κ2) is 10.1. The number of carbonyl (C=O) groups excluding carboxylic acids is 1. The first-order chi connectivity index (χ1) is 16.7. The van der Waals surface area contributed by atoms with Gasteiger partial charge in [0.05, 0.1) is 16.9 Å². The summed E-state index contributed by atoms with van der Waals surface area (Å²) in [6, 6.07) is 19.9. The van der Waals surface area contributed by atoms with Gasteiger partial charge in [-0.15, -0.1) is 0 Å². The van der Waals surface area contributed by atoms with Gasteiger partial charge in [-0.2, -0.15) is 0 Å². The topological polar surface area (TPSA) is 84.3 Å². The fourth-order valence-corrected chi connectivity index (χ4v) is 5.24. The minimum absolute atomic E-state index is 0.144. The van der Waals surface area contributed by atoms with Crippen molar-refractivity contribution in [3.63, 3.8) is 0 Å². The molecule has 0 spiro atoms. The number of imidazole rings is 1. The standard InChI is InChI=1S/C27H28N4O3S/c1-20-4-10-26(11-5-20)35(33,34)31(25-15-21(2)14-22(3)16-25)18-27(32)29-17-23-6-8-24(9-7-23)30-13-12-28-19-30/h4-16,19H,17-18H2,1-3H3,(H,29,32). The van der Waals surface area contributed by atoms with Gasteiger partial charge in [0.2, 0.25) is 5.91 Å². The molecule has 0 atom stereocenters. The van der Waals surface area contributed by atoms with Crippen LogP contribution in [0.5, 0.6) is 0 Å². The van der Waals surface area contributed by atoms with Gasteiger partial charge >= 0.3 is 0 Å². The van der Waals surface area contributed by atoms with E-state index in [1.807, 2.05) is 61.9 Å². The van der Waals surface area contributed by atoms with Crippen LogP contribution in [0.15, 0.2) is 90.3 Å². The van der Waals surface area contributed by atoms with E-state index in [0.29, 0.717) is 5.69 Å². The molecule has 1 N–H and O–H groups in total. The maximum Gasteiger partial charge on any atom is 0.264 e. The van der Waals surface area contributed by atoms with E-state index in [-0.39, 0.29) is 18.0 Å². The minimum atomic E-state index is -3.95. The molecule has 180 valence electrons. The highest BCUT2D eigenvalue weighted by Gasteiger charge is 2.27. The van der Waals surface area contributed by atoms with Gasteiger partial charge in [-0.1, -0.05) is 35.9 Å². The highest BCUT2D eigenvalue weighted by molar-refractivity contribution is 7.92. The summed E-state index contributed by atoms with van der Waals surface area (Å²) >= 11 is 0. The Morgan fingerprint density at radius 3 is 2.17 bits per heavy atom. The van der Waals surface area contributed by atoms with Gasteiger partial charge in [0.1, 0.15) is 6.54 Å². The zero-order valence-electron chi connectivity index (χ0n) is 20.0. The third kappa shape index (κ3) is 5.78. The van der Waals surface area contributed by atoms with E-state index < -0.39 is 15.9 Å². The zero-order chi connectivity index (χ0) is 25.0. The Morgan fingerprint density at radius 1 is 0.914 bits per heavy atom. The van der Waals surface area contributed by atoms with Crippen LogP contribution in [0, 0.1) is 20.8 Å². The van der Waals surface area contributed by atoms with Crippen LogP contribution in [-0.2, 0) is 21.4 Å². The monoisotopic (exact) mass is 488 g/mol. The quantitative estimate of drug-likeness (QED) is 0.401. The number of anilines is 1. The number of nitrogens with one attached hydrogen (secondary N) is 1. The van der Waals surface area contributed by atoms with Gasteiger partial charge in [-0.05, 0) is 73.9 Å². The summed E-state index contributed by atoms with van der Waals surface area (Å²) in [7, 11) is -3.95. The third-order valence-electron chi connectivity index (χ3n) is 5.62. The summed E-state index contributed by atoms with van der Waals surface area (Å²) in [5.74, 6) is -0.390. The van der Waals surface area contributed by atoms with Gasteiger partial charge in [-0.25, -0.2) is 13.4 Å². The number of sulfonamides is 1. The van der Waals surface area contributed by atoms with E-state index in [1.165, 1.54) is 4.31 Å². The summed E-state index contributed by atoms with van der Waals surface area (Å²) in [4.78, 5) is 17.1. The third-order valence-corrected chi connectivity index (χ3v) is 7.41. The van der Waals surface area contributed by atoms with Crippen LogP contribution >= 0.6 is 0 Å². The summed E-state index contributed by atoms with van der Waals surface area (Å²) < 4.78 is 30.2. The van der Waals surface area contributed by atoms with Crippen LogP contribution in [-0.4, -0.2) is 30.4 Å². The van der Waals surface area contributed by atoms with Crippen molar-refractivity contribution in [3.8, 4) is 5.69 Å². The first-order valence-corrected chi connectivity index (χ1v) is 12.7. The van der Waals surface area contributed by atoms with Crippen molar-refractivity contribution in [1.29, 1.82) is 0 Å². The van der Waals surface area contributed by atoms with Crippen molar-refractivity contribution >= 4 is 21.6 Å². The molecule has 0 radical (unpaired) electrons. The first kappa shape index (κ1) is 24.2. The van der Waals surface area contributed by atoms with Gasteiger partial charge in [0.25, 0.3) is 10.0 Å². The SMILES string of the molecule is Cc1ccc(S(=O)(=O)N(CC(=O)NCc2ccc(-n3ccnc3)cc2)c2cc(C)cc(C)c2)cc1. The number of benzene rings is 3. The maximum absolute atomic E-state index is 13.6. The molecular formula is C27H28N4O3S. The maximum atomic E-state index is 13.6. The van der Waals surface area contributed by atoms with Crippen LogP contribution in [0.4, 0.5) is 5.69 Å². The molecule has 0 unspecified atom stereocenters. The van der Waals surface area contributed by atoms with Gasteiger partial charge < -0.3 is 9.88 Å². The van der Waals surface area contributed by atoms with Crippen LogP contribution in [0.25, 0.3) is 5.69 Å². The number of amides is 1. The predicted molar refractivity (Wildman–Crippen MR) is 137 cm³/mol. The molecular weight excluding hydrogens is 460 g/mol. The highest BCUT2D eigenvalue weighted by atomic mass is 32.2. The first-order valence-electron chi connectivity index (χ1n) is 11.2. The molecule has 0 saturated heterocycles. The number of rotatable bonds is 8. The van der Waals surface area contributed by atoms with Gasteiger partial charge in [0, 0.05) is 24.6 Å². The average molecular weight is 489 g/mol. The Kier molecular flexibility index (Phi) is 7.02. The highest BCUT2D eigenvalue weighted by Crippen LogP contribution is 2.26. The summed E-state index contributed by atoms with van der Waals surface area (Å²) in [5, 5.41) is 2.85. The molecule has 1 aromatic heterocycles. The molecule has 0 aliphatic rings. The van der Waals surface area contributed by atoms with Crippen LogP contribution in [0.3, 0.4) is 0 Å². The van der Waals surface area contributed by atoms with Crippen molar-refractivity contribution in [2.45, 2.75) is 32.2 Å². The average Bonchev–Trinajstić information content (AvgIpc) is 3.36. The lowest BCUT2D eigenvalue weighted by Gasteiger charge is -2.25. The van der Waals surface area contributed by atoms with E-state index in [4.69, 9.17) is 0 Å². The number of hydrogen-bond acceptors (Lipinski definition) is 4. The molecule has 0 aliphatic heterocycles. The molecule has 7 nitrogen and oxygen atoms in total. The van der Waals surface area contributed by atoms with E-state index in [1.54, 1.807) is 48.9 Å². The number of aryl methyl sites for hydroxylation is 3. The number of hydrogen-bond donors (Lipinski definition) is 1. The minimum Gasteiger partial charge on any atom is -0.350 e. The van der Waals surface area contributed by atoms with Crippen molar-refractivity contribution in [1.82, 2.24) is 14.9 Å². The Bertz CT molecular complexity index is 1390. The number of aromatic nitrogens is 2. The lowest BCUT2D eigenvalue weighted by atomic mass is 10.1. The van der Waals surface area contributed by atoms with E-state index >= 15 is 0 Å². The van der Waals surface area contributed by atoms with Crippen LogP contribution in [0.1, 0.15) is 22.3 Å². The fraction of sp³-hybridized carbons (Fsp3) is 0.185. The van der Waals surface area contributed by atoms with Gasteiger partial charge in [-0.3, -0.25) is 9.10 Å². The molecule has 3 aromatic carbocycles. The second-order valence-electron chi connectivity index (χ2n) is 8.58. The van der Waals surface area contributed by atoms with Crippen molar-refractivity contribution in [2.75, 3.05) is 10.8 Å². The molecule has 0 saturated carbocycles. The fourth-order valence-electron chi connectivity index (χ4n) is 3.83. The van der Waals surface area contributed by atoms with E-state index in [9.17, 15) is 13.2 Å². The van der Waals surface area contributed by atoms with Gasteiger partial charge in [0.15, 0.2) is 0 Å². The molecule has 0 bridgehead atoms. The normalized spacial score (nSPS) is 11.3. The number of nitrogens with zero attached hydrogens (tertiary/aromatic N) is 3. The Morgan fingerprint density at radius 2 is 1.57 bits per heavy atom. The Labute approximate surface area is 206 Å². The van der Waals surface area contributed by atoms with Crippen molar-refractivity contribution in [2.24, 2.45) is 0 Å². The predicted octanol–water partition coefficient (Wildman–Crippen LogP) is 4.31. The van der Waals surface area contributed by atoms with E-state index in [0.717, 1.165) is 27.9 Å². The van der Waals surface area contributed by atoms with E-state index in [2.05, 4.69) is 10.3 Å². The van der Waals surface area contributed by atoms with Crippen molar-refractivity contribution in [3.05, 3.63) is 108 Å². The number of carbonyl (C=O) groups is 1. The molecule has 1 amide bonds. The van der Waals surface area contributed by atoms with Crippen LogP contribution < -0.4 is 9.62 Å². The summed E-state index contributed by atoms with van der Waals surface area (Å²) in [6.07, 6.45) is 5.28. The lowest BCUT2D eigenvalue weighted by molar-refractivity contribution is -0.119. The molecule has 4 rings (SSSR count). The van der Waals surface area contributed by atoms with Crippen LogP contribution in [0.2, 0.25) is 0 Å². The molecule has 4 aromatic rings. The lowest BCUT2D eigenvalue weighted by Crippen LogP contribution is -2.40. The molecule has 0 fully saturated rings. The second-order valence-corrected chi connectivity index (χ2v) is 10.4. The smallest absolute Gasteiger partial charge is 0.264 e. The Balaban J connectivity index is 1.53.